The van der Waals surface area contributed by atoms with E-state index >= 15 is 0 Å². The van der Waals surface area contributed by atoms with Crippen LogP contribution in [0.25, 0.3) is 0 Å². The first-order valence-electron chi connectivity index (χ1n) is 10.3. The van der Waals surface area contributed by atoms with Crippen LogP contribution < -0.4 is 10.2 Å². The number of nitrogens with one attached hydrogen (secondary N) is 1. The molecular formula is C23H24N4O2S2. The number of carbonyl (C=O) groups is 2. The smallest absolute Gasteiger partial charge is 0.258 e. The Kier molecular flexibility index (Phi) is 6.67. The van der Waals surface area contributed by atoms with Gasteiger partial charge in [0.05, 0.1) is 5.56 Å². The molecule has 0 saturated carbocycles. The molecule has 160 valence electrons. The summed E-state index contributed by atoms with van der Waals surface area (Å²) in [7, 11) is 0. The monoisotopic (exact) mass is 452 g/mol. The maximum atomic E-state index is 12.7. The van der Waals surface area contributed by atoms with Crippen LogP contribution in [-0.4, -0.2) is 34.3 Å². The number of thioether (sulfide) groups is 1. The lowest BCUT2D eigenvalue weighted by molar-refractivity contribution is -0.117. The van der Waals surface area contributed by atoms with Crippen molar-refractivity contribution >= 4 is 45.7 Å². The van der Waals surface area contributed by atoms with Gasteiger partial charge in [0.25, 0.3) is 5.91 Å². The van der Waals surface area contributed by atoms with Crippen LogP contribution in [0.4, 0.5) is 10.8 Å². The van der Waals surface area contributed by atoms with Crippen molar-refractivity contribution in [1.82, 2.24) is 10.2 Å². The van der Waals surface area contributed by atoms with E-state index in [1.54, 1.807) is 11.8 Å². The number of amides is 2. The van der Waals surface area contributed by atoms with Crippen molar-refractivity contribution in [3.05, 3.63) is 64.7 Å². The highest BCUT2D eigenvalue weighted by Gasteiger charge is 2.34. The number of hydrogen-bond donors (Lipinski definition) is 1. The molecular weight excluding hydrogens is 428 g/mol. The van der Waals surface area contributed by atoms with E-state index in [9.17, 15) is 9.59 Å². The summed E-state index contributed by atoms with van der Waals surface area (Å²) in [5.41, 5.74) is 2.78. The summed E-state index contributed by atoms with van der Waals surface area (Å²) >= 11 is 2.97. The molecule has 0 aliphatic carbocycles. The summed E-state index contributed by atoms with van der Waals surface area (Å²) < 4.78 is 0. The van der Waals surface area contributed by atoms with Gasteiger partial charge in [-0.3, -0.25) is 14.9 Å². The van der Waals surface area contributed by atoms with Gasteiger partial charge in [-0.2, -0.15) is 0 Å². The third kappa shape index (κ3) is 4.80. The average molecular weight is 453 g/mol. The Morgan fingerprint density at radius 2 is 1.94 bits per heavy atom. The molecule has 2 amide bonds. The third-order valence-electron chi connectivity index (χ3n) is 5.22. The minimum atomic E-state index is -0.195. The Hall–Kier alpha value is -2.71. The van der Waals surface area contributed by atoms with Crippen LogP contribution in [0.1, 0.15) is 47.1 Å². The number of aryl methyl sites for hydroxylation is 1. The second-order valence-electron chi connectivity index (χ2n) is 7.25. The minimum Gasteiger partial charge on any atom is -0.312 e. The summed E-state index contributed by atoms with van der Waals surface area (Å²) in [5, 5.41) is 12.5. The van der Waals surface area contributed by atoms with Crippen LogP contribution in [0.5, 0.6) is 0 Å². The molecule has 1 aliphatic heterocycles. The molecule has 31 heavy (non-hydrogen) atoms. The van der Waals surface area contributed by atoms with Gasteiger partial charge in [0, 0.05) is 29.5 Å². The van der Waals surface area contributed by atoms with Gasteiger partial charge in [-0.15, -0.1) is 22.0 Å². The quantitative estimate of drug-likeness (QED) is 0.512. The number of hydrogen-bond acceptors (Lipinski definition) is 6. The van der Waals surface area contributed by atoms with Crippen molar-refractivity contribution < 1.29 is 9.59 Å². The molecule has 3 aromatic rings. The summed E-state index contributed by atoms with van der Waals surface area (Å²) in [5.74, 6) is 0.755. The van der Waals surface area contributed by atoms with Crippen molar-refractivity contribution in [3.8, 4) is 0 Å². The molecule has 1 aliphatic rings. The van der Waals surface area contributed by atoms with Crippen molar-refractivity contribution in [2.45, 2.75) is 37.5 Å². The molecule has 1 unspecified atom stereocenters. The Morgan fingerprint density at radius 3 is 2.68 bits per heavy atom. The first-order valence-corrected chi connectivity index (χ1v) is 12.1. The molecule has 1 aromatic heterocycles. The van der Waals surface area contributed by atoms with Gasteiger partial charge >= 0.3 is 0 Å². The Labute approximate surface area is 190 Å². The van der Waals surface area contributed by atoms with Crippen LogP contribution in [0.2, 0.25) is 0 Å². The fraction of sp³-hybridized carbons (Fsp3) is 0.304. The zero-order valence-corrected chi connectivity index (χ0v) is 19.1. The highest BCUT2D eigenvalue weighted by Crippen LogP contribution is 2.34. The van der Waals surface area contributed by atoms with E-state index in [0.29, 0.717) is 23.7 Å². The van der Waals surface area contributed by atoms with Crippen molar-refractivity contribution in [1.29, 1.82) is 0 Å². The number of benzene rings is 2. The molecule has 1 N–H and O–H groups in total. The van der Waals surface area contributed by atoms with E-state index in [1.165, 1.54) is 16.9 Å². The molecule has 8 heteroatoms. The van der Waals surface area contributed by atoms with E-state index in [-0.39, 0.29) is 17.7 Å². The minimum absolute atomic E-state index is 0.0237. The Balaban J connectivity index is 1.44. The molecule has 1 saturated heterocycles. The predicted molar refractivity (Wildman–Crippen MR) is 126 cm³/mol. The van der Waals surface area contributed by atoms with Gasteiger partial charge in [0.2, 0.25) is 11.0 Å². The van der Waals surface area contributed by atoms with E-state index in [1.807, 2.05) is 41.3 Å². The maximum Gasteiger partial charge on any atom is 0.258 e. The highest BCUT2D eigenvalue weighted by molar-refractivity contribution is 7.99. The summed E-state index contributed by atoms with van der Waals surface area (Å²) in [6.45, 7) is 4.74. The summed E-state index contributed by atoms with van der Waals surface area (Å²) in [6, 6.07) is 15.6. The van der Waals surface area contributed by atoms with Gasteiger partial charge in [-0.1, -0.05) is 49.4 Å². The van der Waals surface area contributed by atoms with Crippen molar-refractivity contribution in [2.24, 2.45) is 0 Å². The SMILES string of the molecule is CCSc1ccccc1C(=O)Nc1nnc(C2CC(=O)N(c3ccc(CC)cc3)C2)s1. The van der Waals surface area contributed by atoms with Crippen LogP contribution in [0, 0.1) is 0 Å². The fourth-order valence-corrected chi connectivity index (χ4v) is 5.22. The number of rotatable bonds is 7. The second kappa shape index (κ2) is 9.62. The largest absolute Gasteiger partial charge is 0.312 e. The molecule has 0 radical (unpaired) electrons. The molecule has 4 rings (SSSR count). The first-order chi connectivity index (χ1) is 15.1. The summed E-state index contributed by atoms with van der Waals surface area (Å²) in [6.07, 6.45) is 1.37. The third-order valence-corrected chi connectivity index (χ3v) is 7.18. The predicted octanol–water partition coefficient (Wildman–Crippen LogP) is 4.99. The average Bonchev–Trinajstić information content (AvgIpc) is 3.41. The van der Waals surface area contributed by atoms with Gasteiger partial charge < -0.3 is 4.90 Å². The van der Waals surface area contributed by atoms with E-state index < -0.39 is 0 Å². The van der Waals surface area contributed by atoms with Crippen LogP contribution in [0.15, 0.2) is 53.4 Å². The van der Waals surface area contributed by atoms with Gasteiger partial charge in [-0.25, -0.2) is 0 Å². The number of aromatic nitrogens is 2. The topological polar surface area (TPSA) is 75.2 Å². The van der Waals surface area contributed by atoms with Crippen LogP contribution in [-0.2, 0) is 11.2 Å². The molecule has 2 aromatic carbocycles. The number of carbonyl (C=O) groups excluding carboxylic acids is 2. The molecule has 0 bridgehead atoms. The lowest BCUT2D eigenvalue weighted by Crippen LogP contribution is -2.24. The van der Waals surface area contributed by atoms with Crippen LogP contribution in [0.3, 0.4) is 0 Å². The Bertz CT molecular complexity index is 1080. The van der Waals surface area contributed by atoms with Crippen molar-refractivity contribution in [3.63, 3.8) is 0 Å². The molecule has 1 fully saturated rings. The molecule has 0 spiro atoms. The van der Waals surface area contributed by atoms with Gasteiger partial charge in [-0.05, 0) is 42.0 Å². The standard InChI is InChI=1S/C23H24N4O2S2/c1-3-15-9-11-17(12-10-15)27-14-16(13-20(27)28)22-25-26-23(31-22)24-21(29)18-7-5-6-8-19(18)30-4-2/h5-12,16H,3-4,13-14H2,1-2H3,(H,24,26,29). The lowest BCUT2D eigenvalue weighted by Gasteiger charge is -2.16. The van der Waals surface area contributed by atoms with Gasteiger partial charge in [0.15, 0.2) is 0 Å². The second-order valence-corrected chi connectivity index (χ2v) is 9.57. The first kappa shape index (κ1) is 21.5. The lowest BCUT2D eigenvalue weighted by atomic mass is 10.1. The summed E-state index contributed by atoms with van der Waals surface area (Å²) in [4.78, 5) is 28.1. The van der Waals surface area contributed by atoms with E-state index in [4.69, 9.17) is 0 Å². The fourth-order valence-electron chi connectivity index (χ4n) is 3.58. The maximum absolute atomic E-state index is 12.7. The van der Waals surface area contributed by atoms with Crippen LogP contribution >= 0.6 is 23.1 Å². The zero-order valence-electron chi connectivity index (χ0n) is 17.5. The van der Waals surface area contributed by atoms with Crippen molar-refractivity contribution in [2.75, 3.05) is 22.5 Å². The Morgan fingerprint density at radius 1 is 1.16 bits per heavy atom. The molecule has 6 nitrogen and oxygen atoms in total. The zero-order chi connectivity index (χ0) is 21.8. The number of nitrogens with zero attached hydrogens (tertiary/aromatic N) is 3. The molecule has 1 atom stereocenters. The number of anilines is 2. The highest BCUT2D eigenvalue weighted by atomic mass is 32.2. The normalized spacial score (nSPS) is 16.0. The van der Waals surface area contributed by atoms with Gasteiger partial charge in [0.1, 0.15) is 5.01 Å². The molecule has 2 heterocycles. The van der Waals surface area contributed by atoms with E-state index in [0.717, 1.165) is 27.8 Å². The van der Waals surface area contributed by atoms with E-state index in [2.05, 4.69) is 41.5 Å².